The zero-order valence-electron chi connectivity index (χ0n) is 17.3. The standard InChI is InChI=1S/C21H23ClFNO8S/c22-18-11-15(23)2-1-14(18)12-31-16-3-5-17(6-4-16)33(29,30)24-20(19(26)27)7-8-21(28,9-10-25)32-13-20/h1-6,11,24-25,28H,7-10,12-13H2,(H,26,27). The Hall–Kier alpha value is -2.28. The molecule has 2 aromatic rings. The van der Waals surface area contributed by atoms with Gasteiger partial charge in [0.1, 0.15) is 18.2 Å². The third-order valence-electron chi connectivity index (χ3n) is 5.31. The number of aliphatic hydroxyl groups excluding tert-OH is 1. The summed E-state index contributed by atoms with van der Waals surface area (Å²) in [6, 6.07) is 9.12. The lowest BCUT2D eigenvalue weighted by molar-refractivity contribution is -0.247. The number of halogens is 2. The number of aliphatic hydroxyl groups is 2. The van der Waals surface area contributed by atoms with Crippen LogP contribution in [0.4, 0.5) is 4.39 Å². The molecule has 0 amide bonds. The topological polar surface area (TPSA) is 142 Å². The van der Waals surface area contributed by atoms with Gasteiger partial charge in [-0.2, -0.15) is 4.72 Å². The van der Waals surface area contributed by atoms with Crippen LogP contribution in [-0.4, -0.2) is 54.2 Å². The van der Waals surface area contributed by atoms with Crippen molar-refractivity contribution in [2.45, 2.75) is 42.1 Å². The van der Waals surface area contributed by atoms with Crippen LogP contribution in [0.25, 0.3) is 0 Å². The SMILES string of the molecule is O=C(O)C1(NS(=O)(=O)c2ccc(OCc3ccc(F)cc3Cl)cc2)CCC(O)(CCO)OC1. The molecule has 33 heavy (non-hydrogen) atoms. The fraction of sp³-hybridized carbons (Fsp3) is 0.381. The zero-order chi connectivity index (χ0) is 24.3. The first-order valence-electron chi connectivity index (χ1n) is 9.90. The van der Waals surface area contributed by atoms with Gasteiger partial charge >= 0.3 is 5.97 Å². The minimum absolute atomic E-state index is 0.0275. The minimum Gasteiger partial charge on any atom is -0.489 e. The van der Waals surface area contributed by atoms with E-state index in [0.29, 0.717) is 11.3 Å². The summed E-state index contributed by atoms with van der Waals surface area (Å²) in [5.74, 6) is -3.33. The number of carboxylic acid groups (broad SMARTS) is 1. The molecule has 1 heterocycles. The van der Waals surface area contributed by atoms with Crippen molar-refractivity contribution < 1.29 is 42.4 Å². The monoisotopic (exact) mass is 503 g/mol. The van der Waals surface area contributed by atoms with Crippen LogP contribution in [0.15, 0.2) is 47.4 Å². The Morgan fingerprint density at radius 3 is 2.45 bits per heavy atom. The summed E-state index contributed by atoms with van der Waals surface area (Å²) in [7, 11) is -4.27. The Labute approximate surface area is 194 Å². The van der Waals surface area contributed by atoms with Crippen molar-refractivity contribution in [3.05, 3.63) is 58.9 Å². The van der Waals surface area contributed by atoms with Gasteiger partial charge in [0.15, 0.2) is 11.3 Å². The fourth-order valence-corrected chi connectivity index (χ4v) is 4.90. The van der Waals surface area contributed by atoms with E-state index in [1.807, 2.05) is 0 Å². The third kappa shape index (κ3) is 5.99. The van der Waals surface area contributed by atoms with E-state index < -0.39 is 39.7 Å². The van der Waals surface area contributed by atoms with E-state index in [4.69, 9.17) is 26.2 Å². The van der Waals surface area contributed by atoms with Crippen LogP contribution in [0, 0.1) is 5.82 Å². The highest BCUT2D eigenvalue weighted by Crippen LogP contribution is 2.33. The second-order valence-electron chi connectivity index (χ2n) is 7.70. The Morgan fingerprint density at radius 2 is 1.91 bits per heavy atom. The van der Waals surface area contributed by atoms with Gasteiger partial charge in [0, 0.05) is 25.0 Å². The van der Waals surface area contributed by atoms with Gasteiger partial charge in [0.05, 0.1) is 16.5 Å². The Morgan fingerprint density at radius 1 is 1.21 bits per heavy atom. The quantitative estimate of drug-likeness (QED) is 0.407. The van der Waals surface area contributed by atoms with Crippen LogP contribution in [0.5, 0.6) is 5.75 Å². The van der Waals surface area contributed by atoms with Crippen LogP contribution in [-0.2, 0) is 26.2 Å². The van der Waals surface area contributed by atoms with Gasteiger partial charge in [-0.1, -0.05) is 17.7 Å². The predicted octanol–water partition coefficient (Wildman–Crippen LogP) is 2.04. The van der Waals surface area contributed by atoms with Crippen molar-refractivity contribution in [3.8, 4) is 5.75 Å². The molecule has 0 aliphatic carbocycles. The molecule has 1 aliphatic rings. The maximum Gasteiger partial charge on any atom is 0.327 e. The summed E-state index contributed by atoms with van der Waals surface area (Å²) in [5.41, 5.74) is -1.44. The van der Waals surface area contributed by atoms with Crippen molar-refractivity contribution >= 4 is 27.6 Å². The molecule has 3 rings (SSSR count). The first-order valence-corrected chi connectivity index (χ1v) is 11.8. The molecule has 2 unspecified atom stereocenters. The Bertz CT molecular complexity index is 1100. The number of hydrogen-bond donors (Lipinski definition) is 4. The lowest BCUT2D eigenvalue weighted by atomic mass is 9.88. The summed E-state index contributed by atoms with van der Waals surface area (Å²) in [5, 5.41) is 29.1. The Kier molecular flexibility index (Phi) is 7.62. The van der Waals surface area contributed by atoms with Crippen LogP contribution in [0.1, 0.15) is 24.8 Å². The minimum atomic E-state index is -4.27. The van der Waals surface area contributed by atoms with Gasteiger partial charge in [-0.05, 0) is 42.8 Å². The van der Waals surface area contributed by atoms with Crippen molar-refractivity contribution in [1.82, 2.24) is 4.72 Å². The highest BCUT2D eigenvalue weighted by atomic mass is 35.5. The van der Waals surface area contributed by atoms with Gasteiger partial charge in [0.2, 0.25) is 10.0 Å². The van der Waals surface area contributed by atoms with Crippen LogP contribution >= 0.6 is 11.6 Å². The normalized spacial score (nSPS) is 23.3. The molecule has 2 atom stereocenters. The molecule has 0 spiro atoms. The summed E-state index contributed by atoms with van der Waals surface area (Å²) in [6.45, 7) is -0.957. The maximum absolute atomic E-state index is 13.1. The molecule has 0 aromatic heterocycles. The van der Waals surface area contributed by atoms with Crippen molar-refractivity contribution in [1.29, 1.82) is 0 Å². The smallest absolute Gasteiger partial charge is 0.327 e. The average molecular weight is 504 g/mol. The molecule has 12 heteroatoms. The molecule has 4 N–H and O–H groups in total. The maximum atomic E-state index is 13.1. The molecule has 2 aromatic carbocycles. The number of rotatable bonds is 9. The lowest BCUT2D eigenvalue weighted by Crippen LogP contribution is -2.62. The number of carboxylic acids is 1. The summed E-state index contributed by atoms with van der Waals surface area (Å²) in [6.07, 6.45) is -0.543. The second kappa shape index (κ2) is 9.92. The van der Waals surface area contributed by atoms with E-state index in [2.05, 4.69) is 4.72 Å². The Balaban J connectivity index is 1.69. The van der Waals surface area contributed by atoms with E-state index >= 15 is 0 Å². The molecular weight excluding hydrogens is 481 g/mol. The summed E-state index contributed by atoms with van der Waals surface area (Å²) in [4.78, 5) is 11.7. The third-order valence-corrected chi connectivity index (χ3v) is 7.22. The summed E-state index contributed by atoms with van der Waals surface area (Å²) >= 11 is 5.95. The van der Waals surface area contributed by atoms with Crippen LogP contribution in [0.3, 0.4) is 0 Å². The van der Waals surface area contributed by atoms with Crippen LogP contribution in [0.2, 0.25) is 5.02 Å². The predicted molar refractivity (Wildman–Crippen MR) is 115 cm³/mol. The van der Waals surface area contributed by atoms with Gasteiger partial charge < -0.3 is 24.8 Å². The first kappa shape index (κ1) is 25.3. The zero-order valence-corrected chi connectivity index (χ0v) is 18.9. The van der Waals surface area contributed by atoms with Crippen LogP contribution < -0.4 is 9.46 Å². The molecule has 0 bridgehead atoms. The number of carbonyl (C=O) groups is 1. The molecule has 1 fully saturated rings. The van der Waals surface area contributed by atoms with Crippen molar-refractivity contribution in [2.24, 2.45) is 0 Å². The van der Waals surface area contributed by atoms with E-state index in [9.17, 15) is 27.8 Å². The molecular formula is C21H23ClFNO8S. The van der Waals surface area contributed by atoms with Gasteiger partial charge in [-0.25, -0.2) is 12.8 Å². The number of hydrogen-bond acceptors (Lipinski definition) is 7. The van der Waals surface area contributed by atoms with Gasteiger partial charge in [-0.15, -0.1) is 0 Å². The molecule has 1 aliphatic heterocycles. The van der Waals surface area contributed by atoms with Crippen molar-refractivity contribution in [3.63, 3.8) is 0 Å². The number of aliphatic carboxylic acids is 1. The lowest BCUT2D eigenvalue weighted by Gasteiger charge is -2.41. The number of ether oxygens (including phenoxy) is 2. The number of nitrogens with one attached hydrogen (secondary N) is 1. The van der Waals surface area contributed by atoms with E-state index in [-0.39, 0.29) is 42.4 Å². The molecule has 0 radical (unpaired) electrons. The highest BCUT2D eigenvalue weighted by Gasteiger charge is 2.50. The van der Waals surface area contributed by atoms with E-state index in [1.165, 1.54) is 36.4 Å². The molecule has 1 saturated heterocycles. The largest absolute Gasteiger partial charge is 0.489 e. The first-order chi connectivity index (χ1) is 15.5. The van der Waals surface area contributed by atoms with E-state index in [0.717, 1.165) is 6.07 Å². The molecule has 180 valence electrons. The number of benzene rings is 2. The number of sulfonamides is 1. The molecule has 0 saturated carbocycles. The fourth-order valence-electron chi connectivity index (χ4n) is 3.31. The van der Waals surface area contributed by atoms with Crippen molar-refractivity contribution in [2.75, 3.05) is 13.2 Å². The highest BCUT2D eigenvalue weighted by molar-refractivity contribution is 7.89. The summed E-state index contributed by atoms with van der Waals surface area (Å²) < 4.78 is 51.7. The van der Waals surface area contributed by atoms with E-state index in [1.54, 1.807) is 0 Å². The second-order valence-corrected chi connectivity index (χ2v) is 9.79. The van der Waals surface area contributed by atoms with Gasteiger partial charge in [0.25, 0.3) is 0 Å². The molecule has 9 nitrogen and oxygen atoms in total. The van der Waals surface area contributed by atoms with Gasteiger partial charge in [-0.3, -0.25) is 4.79 Å². The average Bonchev–Trinajstić information content (AvgIpc) is 2.75.